The summed E-state index contributed by atoms with van der Waals surface area (Å²) < 4.78 is 55.0. The molecule has 0 spiro atoms. The van der Waals surface area contributed by atoms with Crippen LogP contribution in [0.25, 0.3) is 0 Å². The summed E-state index contributed by atoms with van der Waals surface area (Å²) in [6, 6.07) is 2.74. The standard InChI is InChI=1S/C7H5IO7S/c9-7-5-3-4(16(12,13)14)1-2-6(5)8(10,11)15-7/h1-3H,(H,10,11)(H,12,13,14). The van der Waals surface area contributed by atoms with E-state index in [-0.39, 0.29) is 9.13 Å². The number of carbonyl (C=O) groups excluding carboxylic acids is 1. The van der Waals surface area contributed by atoms with Gasteiger partial charge in [-0.15, -0.1) is 0 Å². The molecule has 1 aromatic carbocycles. The molecule has 1 heterocycles. The summed E-state index contributed by atoms with van der Waals surface area (Å²) in [4.78, 5) is 10.6. The molecule has 1 aromatic rings. The number of fused-ring (bicyclic) bond motifs is 1. The van der Waals surface area contributed by atoms with Crippen LogP contribution in [-0.2, 0) is 16.3 Å². The Hall–Kier alpha value is -0.910. The Bertz CT molecular complexity index is 632. The Morgan fingerprint density at radius 1 is 1.31 bits per heavy atom. The van der Waals surface area contributed by atoms with E-state index in [1.807, 2.05) is 0 Å². The Balaban J connectivity index is 2.71. The number of halogens is 1. The van der Waals surface area contributed by atoms with E-state index in [0.29, 0.717) is 0 Å². The Morgan fingerprint density at radius 3 is 2.50 bits per heavy atom. The van der Waals surface area contributed by atoms with Crippen molar-refractivity contribution in [2.45, 2.75) is 4.90 Å². The first-order valence-corrected chi connectivity index (χ1v) is 9.03. The summed E-state index contributed by atoms with van der Waals surface area (Å²) in [5, 5.41) is 0. The van der Waals surface area contributed by atoms with Crippen molar-refractivity contribution in [1.29, 1.82) is 0 Å². The fourth-order valence-electron chi connectivity index (χ4n) is 1.21. The fourth-order valence-corrected chi connectivity index (χ4v) is 4.48. The van der Waals surface area contributed by atoms with Gasteiger partial charge in [0, 0.05) is 0 Å². The molecule has 0 fully saturated rings. The van der Waals surface area contributed by atoms with Crippen molar-refractivity contribution in [2.24, 2.45) is 0 Å². The van der Waals surface area contributed by atoms with Crippen molar-refractivity contribution in [3.05, 3.63) is 27.3 Å². The molecule has 1 atom stereocenters. The van der Waals surface area contributed by atoms with Gasteiger partial charge in [0.15, 0.2) is 0 Å². The molecule has 1 aliphatic rings. The summed E-state index contributed by atoms with van der Waals surface area (Å²) in [6.45, 7) is 0. The third kappa shape index (κ3) is 1.75. The maximum atomic E-state index is 11.4. The normalized spacial score (nSPS) is 28.0. The minimum atomic E-state index is -4.92. The molecule has 0 aliphatic carbocycles. The van der Waals surface area contributed by atoms with Gasteiger partial charge in [0.25, 0.3) is 0 Å². The first-order valence-electron chi connectivity index (χ1n) is 3.78. The molecule has 9 heteroatoms. The van der Waals surface area contributed by atoms with E-state index in [2.05, 4.69) is 3.07 Å². The second kappa shape index (κ2) is 3.29. The second-order valence-corrected chi connectivity index (χ2v) is 8.46. The number of hydrogen-bond donors (Lipinski definition) is 2. The van der Waals surface area contributed by atoms with Gasteiger partial charge in [-0.3, -0.25) is 0 Å². The molecule has 7 nitrogen and oxygen atoms in total. The van der Waals surface area contributed by atoms with Crippen LogP contribution in [0.3, 0.4) is 0 Å². The van der Waals surface area contributed by atoms with Crippen LogP contribution in [0.15, 0.2) is 23.1 Å². The van der Waals surface area contributed by atoms with E-state index in [1.54, 1.807) is 0 Å². The minimum absolute atomic E-state index is 0.204. The Kier molecular flexibility index (Phi) is 2.38. The average Bonchev–Trinajstić information content (AvgIpc) is 2.36. The summed E-state index contributed by atoms with van der Waals surface area (Å²) in [7, 11) is -4.46. The molecule has 0 radical (unpaired) electrons. The van der Waals surface area contributed by atoms with Crippen LogP contribution in [0.4, 0.5) is 0 Å². The molecular weight excluding hydrogens is 355 g/mol. The van der Waals surface area contributed by atoms with E-state index in [9.17, 15) is 19.7 Å². The molecule has 1 aliphatic heterocycles. The van der Waals surface area contributed by atoms with Crippen LogP contribution in [0.2, 0.25) is 0 Å². The second-order valence-electron chi connectivity index (χ2n) is 2.92. The molecule has 16 heavy (non-hydrogen) atoms. The van der Waals surface area contributed by atoms with Crippen LogP contribution in [0.5, 0.6) is 0 Å². The predicted molar refractivity (Wildman–Crippen MR) is 57.3 cm³/mol. The van der Waals surface area contributed by atoms with Gasteiger partial charge in [-0.25, -0.2) is 0 Å². The van der Waals surface area contributed by atoms with Gasteiger partial charge in [0.2, 0.25) is 0 Å². The van der Waals surface area contributed by atoms with E-state index in [4.69, 9.17) is 4.55 Å². The van der Waals surface area contributed by atoms with Gasteiger partial charge in [0.1, 0.15) is 0 Å². The van der Waals surface area contributed by atoms with Gasteiger partial charge in [-0.1, -0.05) is 0 Å². The van der Waals surface area contributed by atoms with Crippen molar-refractivity contribution in [1.82, 2.24) is 0 Å². The van der Waals surface area contributed by atoms with E-state index >= 15 is 0 Å². The van der Waals surface area contributed by atoms with Gasteiger partial charge in [0.05, 0.1) is 0 Å². The van der Waals surface area contributed by atoms with E-state index in [1.165, 1.54) is 0 Å². The van der Waals surface area contributed by atoms with Crippen LogP contribution in [-0.4, -0.2) is 22.4 Å². The molecule has 0 amide bonds. The molecule has 0 bridgehead atoms. The number of benzene rings is 1. The van der Waals surface area contributed by atoms with Crippen molar-refractivity contribution < 1.29 is 27.3 Å². The summed E-state index contributed by atoms with van der Waals surface area (Å²) in [5.74, 6) is -1.06. The zero-order chi connectivity index (χ0) is 12.1. The van der Waals surface area contributed by atoms with Crippen LogP contribution in [0, 0.1) is 3.57 Å². The molecule has 0 aromatic heterocycles. The quantitative estimate of drug-likeness (QED) is 0.553. The number of hydrogen-bond acceptors (Lipinski definition) is 5. The molecule has 0 saturated heterocycles. The van der Waals surface area contributed by atoms with Crippen molar-refractivity contribution >= 4 is 35.3 Å². The van der Waals surface area contributed by atoms with E-state index in [0.717, 1.165) is 18.2 Å². The molecule has 0 saturated carbocycles. The third-order valence-corrected chi connectivity index (χ3v) is 6.14. The zero-order valence-electron chi connectivity index (χ0n) is 7.45. The summed E-state index contributed by atoms with van der Waals surface area (Å²) in [5.41, 5.74) is -0.302. The van der Waals surface area contributed by atoms with Crippen molar-refractivity contribution in [3.8, 4) is 0 Å². The van der Waals surface area contributed by atoms with Crippen LogP contribution < -0.4 is 0 Å². The SMILES string of the molecule is O=C1OI(=O)(O)c2ccc(S(=O)(=O)O)cc21. The average molecular weight is 360 g/mol. The van der Waals surface area contributed by atoms with Crippen molar-refractivity contribution in [2.75, 3.05) is 0 Å². The van der Waals surface area contributed by atoms with Gasteiger partial charge >= 0.3 is 94.9 Å². The number of carbonyl (C=O) groups is 1. The fraction of sp³-hybridized carbons (Fsp3) is 0. The first kappa shape index (κ1) is 11.6. The molecular formula is C7H5IO7S. The Morgan fingerprint density at radius 2 is 1.94 bits per heavy atom. The van der Waals surface area contributed by atoms with Gasteiger partial charge < -0.3 is 0 Å². The Labute approximate surface area is 94.8 Å². The monoisotopic (exact) mass is 360 g/mol. The molecule has 2 rings (SSSR count). The summed E-state index contributed by atoms with van der Waals surface area (Å²) >= 11 is -4.92. The predicted octanol–water partition coefficient (Wildman–Crippen LogP) is 0.483. The van der Waals surface area contributed by atoms with E-state index < -0.39 is 40.2 Å². The number of rotatable bonds is 1. The van der Waals surface area contributed by atoms with Gasteiger partial charge in [-0.2, -0.15) is 0 Å². The third-order valence-electron chi connectivity index (χ3n) is 1.89. The first-order chi connectivity index (χ1) is 7.22. The molecule has 1 unspecified atom stereocenters. The summed E-state index contributed by atoms with van der Waals surface area (Å²) in [6.07, 6.45) is 0. The van der Waals surface area contributed by atoms with Crippen LogP contribution in [0.1, 0.15) is 10.4 Å². The topological polar surface area (TPSA) is 118 Å². The van der Waals surface area contributed by atoms with Crippen molar-refractivity contribution in [3.63, 3.8) is 0 Å². The zero-order valence-corrected chi connectivity index (χ0v) is 10.4. The molecule has 88 valence electrons. The maximum absolute atomic E-state index is 11.4. The molecule has 2 N–H and O–H groups in total. The van der Waals surface area contributed by atoms with Gasteiger partial charge in [-0.05, 0) is 0 Å². The van der Waals surface area contributed by atoms with Crippen LogP contribution >= 0.6 is 19.3 Å².